The number of carbonyl (C=O) groups is 1. The summed E-state index contributed by atoms with van der Waals surface area (Å²) in [5.74, 6) is 0.0794. The number of hydrogen-bond acceptors (Lipinski definition) is 4. The van der Waals surface area contributed by atoms with Crippen LogP contribution in [0, 0.1) is 6.92 Å². The third kappa shape index (κ3) is 2.05. The number of amides is 1. The molecule has 0 aliphatic carbocycles. The number of hydrogen-bond donors (Lipinski definition) is 1. The van der Waals surface area contributed by atoms with E-state index in [1.807, 2.05) is 13.8 Å². The van der Waals surface area contributed by atoms with E-state index in [2.05, 4.69) is 15.5 Å². The molecule has 1 aromatic heterocycles. The molecule has 0 spiro atoms. The number of nitrogens with zero attached hydrogens (tertiary/aromatic N) is 2. The Balaban J connectivity index is 2.65. The summed E-state index contributed by atoms with van der Waals surface area (Å²) in [6.45, 7) is 5.36. The molecule has 0 atom stereocenters. The van der Waals surface area contributed by atoms with E-state index in [9.17, 15) is 4.79 Å². The average Bonchev–Trinajstić information content (AvgIpc) is 2.34. The molecule has 0 aliphatic heterocycles. The third-order valence-corrected chi connectivity index (χ3v) is 1.14. The minimum Gasteiger partial charge on any atom is -0.417 e. The minimum absolute atomic E-state index is 0.0150. The Labute approximate surface area is 70.2 Å². The topological polar surface area (TPSA) is 68.0 Å². The van der Waals surface area contributed by atoms with Crippen LogP contribution in [0.4, 0.5) is 0 Å². The van der Waals surface area contributed by atoms with E-state index < -0.39 is 0 Å². The van der Waals surface area contributed by atoms with Gasteiger partial charge in [0.1, 0.15) is 0 Å². The van der Waals surface area contributed by atoms with Crippen molar-refractivity contribution in [2.24, 2.45) is 0 Å². The fraction of sp³-hybridized carbons (Fsp3) is 0.571. The monoisotopic (exact) mass is 169 g/mol. The number of carbonyl (C=O) groups excluding carboxylic acids is 1. The highest BCUT2D eigenvalue weighted by molar-refractivity contribution is 5.89. The van der Waals surface area contributed by atoms with Gasteiger partial charge in [-0.25, -0.2) is 0 Å². The Kier molecular flexibility index (Phi) is 2.42. The largest absolute Gasteiger partial charge is 0.417 e. The molecule has 0 saturated heterocycles. The second-order valence-corrected chi connectivity index (χ2v) is 2.75. The molecular formula is C7H11N3O2. The Hall–Kier alpha value is -1.39. The van der Waals surface area contributed by atoms with E-state index in [0.717, 1.165) is 0 Å². The summed E-state index contributed by atoms with van der Waals surface area (Å²) in [5, 5.41) is 9.74. The van der Waals surface area contributed by atoms with Crippen LogP contribution < -0.4 is 5.32 Å². The maximum Gasteiger partial charge on any atom is 0.309 e. The minimum atomic E-state index is -0.328. The fourth-order valence-corrected chi connectivity index (χ4v) is 0.712. The lowest BCUT2D eigenvalue weighted by Crippen LogP contribution is -2.30. The molecule has 0 aromatic carbocycles. The van der Waals surface area contributed by atoms with Crippen molar-refractivity contribution in [1.29, 1.82) is 0 Å². The zero-order valence-corrected chi connectivity index (χ0v) is 7.29. The Morgan fingerprint density at radius 1 is 1.50 bits per heavy atom. The van der Waals surface area contributed by atoms with Crippen molar-refractivity contribution < 1.29 is 9.21 Å². The molecule has 0 unspecified atom stereocenters. The van der Waals surface area contributed by atoms with Gasteiger partial charge in [-0.1, -0.05) is 0 Å². The first-order valence-electron chi connectivity index (χ1n) is 3.70. The smallest absolute Gasteiger partial charge is 0.309 e. The molecule has 0 bridgehead atoms. The third-order valence-electron chi connectivity index (χ3n) is 1.14. The normalized spacial score (nSPS) is 10.3. The van der Waals surface area contributed by atoms with Gasteiger partial charge in [-0.05, 0) is 13.8 Å². The van der Waals surface area contributed by atoms with Crippen molar-refractivity contribution in [2.45, 2.75) is 26.8 Å². The highest BCUT2D eigenvalue weighted by Crippen LogP contribution is 1.97. The summed E-state index contributed by atoms with van der Waals surface area (Å²) in [6.07, 6.45) is 0. The Bertz CT molecular complexity index is 280. The van der Waals surface area contributed by atoms with Gasteiger partial charge in [0.15, 0.2) is 0 Å². The van der Waals surface area contributed by atoms with Crippen molar-refractivity contribution in [1.82, 2.24) is 15.5 Å². The molecule has 1 aromatic rings. The second kappa shape index (κ2) is 3.34. The molecule has 12 heavy (non-hydrogen) atoms. The van der Waals surface area contributed by atoms with E-state index >= 15 is 0 Å². The first kappa shape index (κ1) is 8.70. The van der Waals surface area contributed by atoms with Crippen LogP contribution in [0.25, 0.3) is 0 Å². The predicted molar refractivity (Wildman–Crippen MR) is 41.6 cm³/mol. The SMILES string of the molecule is Cc1nnc(C(=O)NC(C)C)o1. The quantitative estimate of drug-likeness (QED) is 0.700. The zero-order valence-electron chi connectivity index (χ0n) is 7.29. The average molecular weight is 169 g/mol. The maximum absolute atomic E-state index is 11.2. The van der Waals surface area contributed by atoms with Crippen molar-refractivity contribution in [3.63, 3.8) is 0 Å². The van der Waals surface area contributed by atoms with Crippen LogP contribution in [0.15, 0.2) is 4.42 Å². The standard InChI is InChI=1S/C7H11N3O2/c1-4(2)8-6(11)7-10-9-5(3)12-7/h4H,1-3H3,(H,8,11). The van der Waals surface area contributed by atoms with Gasteiger partial charge in [0.05, 0.1) is 0 Å². The molecular weight excluding hydrogens is 158 g/mol. The molecule has 5 nitrogen and oxygen atoms in total. The molecule has 66 valence electrons. The van der Waals surface area contributed by atoms with Gasteiger partial charge < -0.3 is 9.73 Å². The van der Waals surface area contributed by atoms with Gasteiger partial charge in [0.25, 0.3) is 0 Å². The Morgan fingerprint density at radius 3 is 2.58 bits per heavy atom. The van der Waals surface area contributed by atoms with Crippen molar-refractivity contribution in [2.75, 3.05) is 0 Å². The number of aryl methyl sites for hydroxylation is 1. The van der Waals surface area contributed by atoms with Gasteiger partial charge in [-0.2, -0.15) is 0 Å². The molecule has 5 heteroatoms. The molecule has 1 amide bonds. The van der Waals surface area contributed by atoms with Crippen molar-refractivity contribution >= 4 is 5.91 Å². The van der Waals surface area contributed by atoms with Crippen LogP contribution in [0.3, 0.4) is 0 Å². The van der Waals surface area contributed by atoms with Crippen LogP contribution in [-0.2, 0) is 0 Å². The molecule has 0 radical (unpaired) electrons. The van der Waals surface area contributed by atoms with E-state index in [4.69, 9.17) is 4.42 Å². The number of nitrogens with one attached hydrogen (secondary N) is 1. The van der Waals surface area contributed by atoms with Gasteiger partial charge in [-0.3, -0.25) is 4.79 Å². The lowest BCUT2D eigenvalue weighted by atomic mass is 10.4. The molecule has 0 saturated carbocycles. The van der Waals surface area contributed by atoms with Gasteiger partial charge in [0.2, 0.25) is 5.89 Å². The summed E-state index contributed by atoms with van der Waals surface area (Å²) in [6, 6.07) is 0.0738. The summed E-state index contributed by atoms with van der Waals surface area (Å²) in [5.41, 5.74) is 0. The van der Waals surface area contributed by atoms with Crippen LogP contribution in [0.1, 0.15) is 30.4 Å². The molecule has 0 aliphatic rings. The van der Waals surface area contributed by atoms with Gasteiger partial charge in [-0.15, -0.1) is 10.2 Å². The van der Waals surface area contributed by atoms with E-state index in [0.29, 0.717) is 5.89 Å². The first-order chi connectivity index (χ1) is 5.59. The number of rotatable bonds is 2. The van der Waals surface area contributed by atoms with E-state index in [1.165, 1.54) is 0 Å². The highest BCUT2D eigenvalue weighted by Gasteiger charge is 2.13. The Morgan fingerprint density at radius 2 is 2.17 bits per heavy atom. The van der Waals surface area contributed by atoms with Crippen LogP contribution in [0.2, 0.25) is 0 Å². The van der Waals surface area contributed by atoms with Crippen molar-refractivity contribution in [3.8, 4) is 0 Å². The number of aromatic nitrogens is 2. The van der Waals surface area contributed by atoms with Crippen LogP contribution in [0.5, 0.6) is 0 Å². The van der Waals surface area contributed by atoms with Crippen LogP contribution >= 0.6 is 0 Å². The first-order valence-corrected chi connectivity index (χ1v) is 3.70. The van der Waals surface area contributed by atoms with Crippen LogP contribution in [-0.4, -0.2) is 22.1 Å². The highest BCUT2D eigenvalue weighted by atomic mass is 16.4. The molecule has 0 fully saturated rings. The van der Waals surface area contributed by atoms with Gasteiger partial charge >= 0.3 is 11.8 Å². The lowest BCUT2D eigenvalue weighted by Gasteiger charge is -2.03. The fourth-order valence-electron chi connectivity index (χ4n) is 0.712. The summed E-state index contributed by atoms with van der Waals surface area (Å²) >= 11 is 0. The zero-order chi connectivity index (χ0) is 9.14. The molecule has 1 heterocycles. The predicted octanol–water partition coefficient (Wildman–Crippen LogP) is 0.516. The lowest BCUT2D eigenvalue weighted by molar-refractivity contribution is 0.0907. The maximum atomic E-state index is 11.2. The summed E-state index contributed by atoms with van der Waals surface area (Å²) in [4.78, 5) is 11.2. The summed E-state index contributed by atoms with van der Waals surface area (Å²) < 4.78 is 4.91. The van der Waals surface area contributed by atoms with Crippen molar-refractivity contribution in [3.05, 3.63) is 11.8 Å². The second-order valence-electron chi connectivity index (χ2n) is 2.75. The van der Waals surface area contributed by atoms with E-state index in [1.54, 1.807) is 6.92 Å². The summed E-state index contributed by atoms with van der Waals surface area (Å²) in [7, 11) is 0. The van der Waals surface area contributed by atoms with Gasteiger partial charge in [0, 0.05) is 13.0 Å². The molecule has 1 N–H and O–H groups in total. The van der Waals surface area contributed by atoms with E-state index in [-0.39, 0.29) is 17.8 Å². The molecule has 1 rings (SSSR count).